The lowest BCUT2D eigenvalue weighted by atomic mass is 10.2. The molecule has 0 saturated carbocycles. The third-order valence-corrected chi connectivity index (χ3v) is 3.75. The number of thioether (sulfide) groups is 1. The van der Waals surface area contributed by atoms with Crippen molar-refractivity contribution in [3.63, 3.8) is 0 Å². The zero-order valence-corrected chi connectivity index (χ0v) is 10.8. The van der Waals surface area contributed by atoms with Gasteiger partial charge in [-0.1, -0.05) is 0 Å². The molecule has 1 atom stereocenters. The predicted molar refractivity (Wildman–Crippen MR) is 67.7 cm³/mol. The van der Waals surface area contributed by atoms with E-state index in [2.05, 4.69) is 28.9 Å². The number of hydrogen-bond donors (Lipinski definition) is 1. The maximum absolute atomic E-state index is 5.01. The summed E-state index contributed by atoms with van der Waals surface area (Å²) in [7, 11) is 1.76. The Kier molecular flexibility index (Phi) is 7.44. The minimum Gasteiger partial charge on any atom is -0.385 e. The van der Waals surface area contributed by atoms with E-state index < -0.39 is 0 Å². The topological polar surface area (TPSA) is 24.5 Å². The van der Waals surface area contributed by atoms with Crippen LogP contribution < -0.4 is 5.32 Å². The monoisotopic (exact) mass is 232 g/mol. The van der Waals surface area contributed by atoms with Crippen LogP contribution in [0.2, 0.25) is 0 Å². The zero-order valence-electron chi connectivity index (χ0n) is 10.00. The molecular weight excluding hydrogens is 208 g/mol. The Labute approximate surface area is 97.9 Å². The fourth-order valence-electron chi connectivity index (χ4n) is 1.80. The standard InChI is InChI=1S/C11H24N2OS/c1-11(10-12-4-3-7-14-2)13-5-8-15-9-6-13/h11-12H,3-10H2,1-2H3. The third kappa shape index (κ3) is 5.76. The molecule has 0 radical (unpaired) electrons. The molecule has 0 aliphatic carbocycles. The van der Waals surface area contributed by atoms with Gasteiger partial charge in [0.2, 0.25) is 0 Å². The molecule has 3 nitrogen and oxygen atoms in total. The van der Waals surface area contributed by atoms with Crippen LogP contribution in [0, 0.1) is 0 Å². The molecule has 90 valence electrons. The van der Waals surface area contributed by atoms with Crippen molar-refractivity contribution in [1.82, 2.24) is 10.2 Å². The van der Waals surface area contributed by atoms with Crippen LogP contribution in [0.25, 0.3) is 0 Å². The Balaban J connectivity index is 1.99. The molecule has 1 rings (SSSR count). The van der Waals surface area contributed by atoms with Crippen molar-refractivity contribution in [2.24, 2.45) is 0 Å². The first-order valence-electron chi connectivity index (χ1n) is 5.86. The first-order chi connectivity index (χ1) is 7.34. The van der Waals surface area contributed by atoms with Crippen LogP contribution in [0.3, 0.4) is 0 Å². The van der Waals surface area contributed by atoms with E-state index in [1.807, 2.05) is 0 Å². The van der Waals surface area contributed by atoms with Crippen molar-refractivity contribution in [2.75, 3.05) is 51.4 Å². The average Bonchev–Trinajstić information content (AvgIpc) is 2.30. The summed E-state index contributed by atoms with van der Waals surface area (Å²) in [5.74, 6) is 2.60. The molecule has 0 aromatic carbocycles. The van der Waals surface area contributed by atoms with Gasteiger partial charge in [0.1, 0.15) is 0 Å². The van der Waals surface area contributed by atoms with Crippen molar-refractivity contribution in [3.05, 3.63) is 0 Å². The van der Waals surface area contributed by atoms with Gasteiger partial charge in [0.05, 0.1) is 0 Å². The molecule has 15 heavy (non-hydrogen) atoms. The Bertz CT molecular complexity index is 152. The summed E-state index contributed by atoms with van der Waals surface area (Å²) in [6.45, 7) is 7.87. The second kappa shape index (κ2) is 8.39. The highest BCUT2D eigenvalue weighted by molar-refractivity contribution is 7.99. The quantitative estimate of drug-likeness (QED) is 0.663. The van der Waals surface area contributed by atoms with Gasteiger partial charge < -0.3 is 10.1 Å². The summed E-state index contributed by atoms with van der Waals surface area (Å²) in [4.78, 5) is 2.58. The Morgan fingerprint density at radius 1 is 1.40 bits per heavy atom. The van der Waals surface area contributed by atoms with Crippen molar-refractivity contribution >= 4 is 11.8 Å². The molecule has 0 bridgehead atoms. The van der Waals surface area contributed by atoms with E-state index in [-0.39, 0.29) is 0 Å². The van der Waals surface area contributed by atoms with Gasteiger partial charge in [-0.25, -0.2) is 0 Å². The molecule has 4 heteroatoms. The molecule has 0 amide bonds. The molecule has 1 N–H and O–H groups in total. The average molecular weight is 232 g/mol. The van der Waals surface area contributed by atoms with E-state index in [0.29, 0.717) is 6.04 Å². The van der Waals surface area contributed by atoms with Crippen LogP contribution in [0.1, 0.15) is 13.3 Å². The van der Waals surface area contributed by atoms with E-state index in [4.69, 9.17) is 4.74 Å². The number of nitrogens with zero attached hydrogens (tertiary/aromatic N) is 1. The maximum atomic E-state index is 5.01. The highest BCUT2D eigenvalue weighted by Crippen LogP contribution is 2.11. The number of hydrogen-bond acceptors (Lipinski definition) is 4. The normalized spacial score (nSPS) is 20.4. The summed E-state index contributed by atoms with van der Waals surface area (Å²) in [6.07, 6.45) is 1.11. The fourth-order valence-corrected chi connectivity index (χ4v) is 2.73. The van der Waals surface area contributed by atoms with Crippen LogP contribution in [-0.2, 0) is 4.74 Å². The predicted octanol–water partition coefficient (Wildman–Crippen LogP) is 1.05. The smallest absolute Gasteiger partial charge is 0.0474 e. The van der Waals surface area contributed by atoms with Gasteiger partial charge in [0.15, 0.2) is 0 Å². The van der Waals surface area contributed by atoms with Crippen LogP contribution in [0.5, 0.6) is 0 Å². The summed E-state index contributed by atoms with van der Waals surface area (Å²) >= 11 is 2.07. The Hall–Kier alpha value is 0.230. The van der Waals surface area contributed by atoms with Crippen molar-refractivity contribution in [2.45, 2.75) is 19.4 Å². The van der Waals surface area contributed by atoms with Crippen LogP contribution in [0.4, 0.5) is 0 Å². The van der Waals surface area contributed by atoms with E-state index >= 15 is 0 Å². The van der Waals surface area contributed by atoms with Crippen LogP contribution in [0.15, 0.2) is 0 Å². The molecular formula is C11H24N2OS. The highest BCUT2D eigenvalue weighted by atomic mass is 32.2. The molecule has 1 aliphatic heterocycles. The summed E-state index contributed by atoms with van der Waals surface area (Å²) in [5, 5.41) is 3.49. The van der Waals surface area contributed by atoms with Crippen molar-refractivity contribution < 1.29 is 4.74 Å². The van der Waals surface area contributed by atoms with Crippen LogP contribution in [-0.4, -0.2) is 62.3 Å². The fraction of sp³-hybridized carbons (Fsp3) is 1.00. The van der Waals surface area contributed by atoms with Gasteiger partial charge in [-0.2, -0.15) is 11.8 Å². The van der Waals surface area contributed by atoms with E-state index in [1.165, 1.54) is 24.6 Å². The second-order valence-electron chi connectivity index (χ2n) is 4.05. The third-order valence-electron chi connectivity index (χ3n) is 2.81. The largest absolute Gasteiger partial charge is 0.385 e. The summed E-state index contributed by atoms with van der Waals surface area (Å²) in [5.41, 5.74) is 0. The van der Waals surface area contributed by atoms with Gasteiger partial charge in [0, 0.05) is 50.9 Å². The van der Waals surface area contributed by atoms with E-state index in [0.717, 1.165) is 26.1 Å². The number of rotatable bonds is 7. The van der Waals surface area contributed by atoms with Gasteiger partial charge >= 0.3 is 0 Å². The second-order valence-corrected chi connectivity index (χ2v) is 5.27. The first kappa shape index (κ1) is 13.3. The Morgan fingerprint density at radius 3 is 2.80 bits per heavy atom. The lowest BCUT2D eigenvalue weighted by molar-refractivity contribution is 0.190. The van der Waals surface area contributed by atoms with E-state index in [1.54, 1.807) is 7.11 Å². The van der Waals surface area contributed by atoms with Crippen LogP contribution >= 0.6 is 11.8 Å². The van der Waals surface area contributed by atoms with Crippen molar-refractivity contribution in [1.29, 1.82) is 0 Å². The molecule has 0 spiro atoms. The molecule has 0 aromatic rings. The van der Waals surface area contributed by atoms with Gasteiger partial charge in [-0.15, -0.1) is 0 Å². The van der Waals surface area contributed by atoms with Gasteiger partial charge in [0.25, 0.3) is 0 Å². The molecule has 0 aromatic heterocycles. The zero-order chi connectivity index (χ0) is 10.9. The molecule has 1 fully saturated rings. The SMILES string of the molecule is COCCCNCC(C)N1CCSCC1. The lowest BCUT2D eigenvalue weighted by Gasteiger charge is -2.32. The first-order valence-corrected chi connectivity index (χ1v) is 7.01. The molecule has 1 saturated heterocycles. The molecule has 1 aliphatic rings. The number of methoxy groups -OCH3 is 1. The van der Waals surface area contributed by atoms with E-state index in [9.17, 15) is 0 Å². The maximum Gasteiger partial charge on any atom is 0.0474 e. The minimum absolute atomic E-state index is 0.674. The lowest BCUT2D eigenvalue weighted by Crippen LogP contribution is -2.44. The van der Waals surface area contributed by atoms with Gasteiger partial charge in [-0.05, 0) is 19.9 Å². The molecule has 1 unspecified atom stereocenters. The van der Waals surface area contributed by atoms with Crippen molar-refractivity contribution in [3.8, 4) is 0 Å². The Morgan fingerprint density at radius 2 is 2.13 bits per heavy atom. The van der Waals surface area contributed by atoms with Gasteiger partial charge in [-0.3, -0.25) is 4.90 Å². The number of nitrogens with one attached hydrogen (secondary N) is 1. The summed E-state index contributed by atoms with van der Waals surface area (Å²) in [6, 6.07) is 0.674. The highest BCUT2D eigenvalue weighted by Gasteiger charge is 2.15. The number of ether oxygens (including phenoxy) is 1. The summed E-state index contributed by atoms with van der Waals surface area (Å²) < 4.78 is 5.01. The minimum atomic E-state index is 0.674. The molecule has 1 heterocycles.